The minimum atomic E-state index is 0.517. The number of nitrogens with one attached hydrogen (secondary N) is 1. The van der Waals surface area contributed by atoms with Crippen molar-refractivity contribution in [3.8, 4) is 6.07 Å². The first-order valence-corrected chi connectivity index (χ1v) is 6.37. The fraction of sp³-hybridized carbons (Fsp3) is 0.364. The molecule has 0 bridgehead atoms. The lowest BCUT2D eigenvalue weighted by Gasteiger charge is -2.13. The molecule has 1 atom stereocenters. The summed E-state index contributed by atoms with van der Waals surface area (Å²) in [7, 11) is 0. The number of benzene rings is 1. The van der Waals surface area contributed by atoms with Gasteiger partial charge in [0, 0.05) is 17.5 Å². The molecule has 1 aromatic rings. The van der Waals surface area contributed by atoms with E-state index in [0.717, 1.165) is 11.4 Å². The van der Waals surface area contributed by atoms with Crippen molar-refractivity contribution in [2.75, 3.05) is 16.8 Å². The van der Waals surface area contributed by atoms with E-state index in [1.807, 2.05) is 23.9 Å². The van der Waals surface area contributed by atoms with Crippen molar-refractivity contribution >= 4 is 29.1 Å². The van der Waals surface area contributed by atoms with Crippen LogP contribution in [0.15, 0.2) is 18.2 Å². The Bertz CT molecular complexity index is 394. The van der Waals surface area contributed by atoms with Crippen LogP contribution >= 0.6 is 23.4 Å². The van der Waals surface area contributed by atoms with Crippen molar-refractivity contribution in [1.82, 2.24) is 0 Å². The Hall–Kier alpha value is -0.850. The number of halogens is 1. The zero-order valence-electron chi connectivity index (χ0n) is 8.16. The lowest BCUT2D eigenvalue weighted by atomic mass is 10.2. The number of anilines is 1. The smallest absolute Gasteiger partial charge is 0.101 e. The molecule has 1 N–H and O–H groups in total. The van der Waals surface area contributed by atoms with Crippen LogP contribution < -0.4 is 5.32 Å². The Balaban J connectivity index is 2.11. The molecular weight excluding hydrogens is 228 g/mol. The van der Waals surface area contributed by atoms with Crippen LogP contribution in [0.1, 0.15) is 12.0 Å². The molecule has 1 aromatic carbocycles. The monoisotopic (exact) mass is 238 g/mol. The summed E-state index contributed by atoms with van der Waals surface area (Å²) in [5.41, 5.74) is 1.52. The van der Waals surface area contributed by atoms with Gasteiger partial charge in [0.15, 0.2) is 0 Å². The molecule has 4 heteroatoms. The minimum absolute atomic E-state index is 0.517. The van der Waals surface area contributed by atoms with Gasteiger partial charge < -0.3 is 5.32 Å². The second-order valence-corrected chi connectivity index (χ2v) is 5.07. The van der Waals surface area contributed by atoms with Crippen LogP contribution in [0.2, 0.25) is 5.02 Å². The highest BCUT2D eigenvalue weighted by molar-refractivity contribution is 7.99. The largest absolute Gasteiger partial charge is 0.381 e. The predicted molar refractivity (Wildman–Crippen MR) is 65.5 cm³/mol. The maximum atomic E-state index is 8.84. The molecule has 1 aliphatic rings. The van der Waals surface area contributed by atoms with Gasteiger partial charge in [0.05, 0.1) is 10.6 Å². The van der Waals surface area contributed by atoms with Crippen molar-refractivity contribution in [2.45, 2.75) is 12.5 Å². The predicted octanol–water partition coefficient (Wildman–Crippen LogP) is 3.13. The number of nitriles is 1. The maximum absolute atomic E-state index is 8.84. The Labute approximate surface area is 98.6 Å². The molecule has 1 aliphatic heterocycles. The van der Waals surface area contributed by atoms with Crippen LogP contribution in [0, 0.1) is 11.3 Å². The lowest BCUT2D eigenvalue weighted by Crippen LogP contribution is -2.17. The summed E-state index contributed by atoms with van der Waals surface area (Å²) in [4.78, 5) is 0. The molecule has 1 unspecified atom stereocenters. The average Bonchev–Trinajstić information content (AvgIpc) is 2.73. The number of nitrogens with zero attached hydrogens (tertiary/aromatic N) is 1. The number of rotatable bonds is 2. The van der Waals surface area contributed by atoms with Gasteiger partial charge in [-0.2, -0.15) is 17.0 Å². The highest BCUT2D eigenvalue weighted by atomic mass is 35.5. The maximum Gasteiger partial charge on any atom is 0.101 e. The molecular formula is C11H11ClN2S. The fourth-order valence-electron chi connectivity index (χ4n) is 1.58. The standard InChI is InChI=1S/C11H11ClN2S/c12-11-2-1-9(5-8(11)6-13)14-10-3-4-15-7-10/h1-2,5,10,14H,3-4,7H2. The zero-order valence-corrected chi connectivity index (χ0v) is 9.74. The molecule has 0 amide bonds. The first-order valence-electron chi connectivity index (χ1n) is 4.83. The molecule has 0 spiro atoms. The van der Waals surface area contributed by atoms with E-state index in [1.165, 1.54) is 12.2 Å². The van der Waals surface area contributed by atoms with E-state index in [9.17, 15) is 0 Å². The van der Waals surface area contributed by atoms with Crippen molar-refractivity contribution < 1.29 is 0 Å². The van der Waals surface area contributed by atoms with E-state index in [2.05, 4.69) is 11.4 Å². The van der Waals surface area contributed by atoms with Gasteiger partial charge in [0.2, 0.25) is 0 Å². The topological polar surface area (TPSA) is 35.8 Å². The molecule has 2 rings (SSSR count). The molecule has 1 fully saturated rings. The van der Waals surface area contributed by atoms with E-state index in [4.69, 9.17) is 16.9 Å². The normalized spacial score (nSPS) is 19.9. The summed E-state index contributed by atoms with van der Waals surface area (Å²) in [6, 6.07) is 8.12. The average molecular weight is 239 g/mol. The quantitative estimate of drug-likeness (QED) is 0.860. The van der Waals surface area contributed by atoms with Gasteiger partial charge in [-0.15, -0.1) is 0 Å². The van der Waals surface area contributed by atoms with Crippen LogP contribution in [-0.4, -0.2) is 17.5 Å². The van der Waals surface area contributed by atoms with E-state index < -0.39 is 0 Å². The van der Waals surface area contributed by atoms with Crippen molar-refractivity contribution in [3.63, 3.8) is 0 Å². The molecule has 0 radical (unpaired) electrons. The van der Waals surface area contributed by atoms with Crippen molar-refractivity contribution in [1.29, 1.82) is 5.26 Å². The number of hydrogen-bond donors (Lipinski definition) is 1. The third-order valence-electron chi connectivity index (χ3n) is 2.39. The summed E-state index contributed by atoms with van der Waals surface area (Å²) in [6.45, 7) is 0. The number of hydrogen-bond acceptors (Lipinski definition) is 3. The summed E-state index contributed by atoms with van der Waals surface area (Å²) < 4.78 is 0. The highest BCUT2D eigenvalue weighted by Crippen LogP contribution is 2.24. The second-order valence-electron chi connectivity index (χ2n) is 3.51. The van der Waals surface area contributed by atoms with Crippen LogP contribution in [0.4, 0.5) is 5.69 Å². The van der Waals surface area contributed by atoms with Crippen LogP contribution in [0.3, 0.4) is 0 Å². The van der Waals surface area contributed by atoms with E-state index >= 15 is 0 Å². The van der Waals surface area contributed by atoms with Gasteiger partial charge in [-0.05, 0) is 30.4 Å². The third kappa shape index (κ3) is 2.58. The van der Waals surface area contributed by atoms with Crippen LogP contribution in [0.25, 0.3) is 0 Å². The minimum Gasteiger partial charge on any atom is -0.381 e. The zero-order chi connectivity index (χ0) is 10.7. The molecule has 15 heavy (non-hydrogen) atoms. The van der Waals surface area contributed by atoms with E-state index in [0.29, 0.717) is 16.6 Å². The first-order chi connectivity index (χ1) is 7.29. The Morgan fingerprint density at radius 1 is 1.53 bits per heavy atom. The molecule has 0 aromatic heterocycles. The fourth-order valence-corrected chi connectivity index (χ4v) is 2.90. The van der Waals surface area contributed by atoms with E-state index in [1.54, 1.807) is 6.07 Å². The molecule has 1 saturated heterocycles. The Morgan fingerprint density at radius 3 is 3.07 bits per heavy atom. The van der Waals surface area contributed by atoms with Crippen molar-refractivity contribution in [2.24, 2.45) is 0 Å². The summed E-state index contributed by atoms with van der Waals surface area (Å²) in [6.07, 6.45) is 1.19. The molecule has 1 heterocycles. The highest BCUT2D eigenvalue weighted by Gasteiger charge is 2.15. The first kappa shape index (κ1) is 10.7. The van der Waals surface area contributed by atoms with Gasteiger partial charge >= 0.3 is 0 Å². The summed E-state index contributed by atoms with van der Waals surface area (Å²) in [5, 5.41) is 12.8. The molecule has 2 nitrogen and oxygen atoms in total. The lowest BCUT2D eigenvalue weighted by molar-refractivity contribution is 0.813. The third-order valence-corrected chi connectivity index (χ3v) is 3.88. The SMILES string of the molecule is N#Cc1cc(NC2CCSC2)ccc1Cl. The van der Waals surface area contributed by atoms with Gasteiger partial charge in [0.1, 0.15) is 6.07 Å². The molecule has 0 saturated carbocycles. The Kier molecular flexibility index (Phi) is 3.40. The van der Waals surface area contributed by atoms with Crippen LogP contribution in [0.5, 0.6) is 0 Å². The van der Waals surface area contributed by atoms with Crippen molar-refractivity contribution in [3.05, 3.63) is 28.8 Å². The van der Waals surface area contributed by atoms with Gasteiger partial charge in [-0.1, -0.05) is 11.6 Å². The van der Waals surface area contributed by atoms with Crippen LogP contribution in [-0.2, 0) is 0 Å². The second kappa shape index (κ2) is 4.78. The van der Waals surface area contributed by atoms with Gasteiger partial charge in [-0.3, -0.25) is 0 Å². The summed E-state index contributed by atoms with van der Waals surface area (Å²) in [5.74, 6) is 2.36. The van der Waals surface area contributed by atoms with E-state index in [-0.39, 0.29) is 0 Å². The van der Waals surface area contributed by atoms with Gasteiger partial charge in [-0.25, -0.2) is 0 Å². The summed E-state index contributed by atoms with van der Waals surface area (Å²) >= 11 is 7.82. The molecule has 0 aliphatic carbocycles. The number of thioether (sulfide) groups is 1. The van der Waals surface area contributed by atoms with Gasteiger partial charge in [0.25, 0.3) is 0 Å². The molecule has 78 valence electrons. The Morgan fingerprint density at radius 2 is 2.40 bits per heavy atom.